The van der Waals surface area contributed by atoms with Crippen LogP contribution in [0.2, 0.25) is 5.02 Å². The predicted molar refractivity (Wildman–Crippen MR) is 77.0 cm³/mol. The second-order valence-corrected chi connectivity index (χ2v) is 5.14. The molecular weight excluding hydrogens is 264 g/mol. The minimum absolute atomic E-state index is 0.0419. The molecule has 4 N–H and O–H groups in total. The molecule has 2 rings (SSSR count). The number of pyridine rings is 1. The molecule has 0 spiro atoms. The van der Waals surface area contributed by atoms with Crippen LogP contribution in [0.5, 0.6) is 0 Å². The Labute approximate surface area is 117 Å². The van der Waals surface area contributed by atoms with E-state index < -0.39 is 0 Å². The summed E-state index contributed by atoms with van der Waals surface area (Å²) in [5, 5.41) is 16.9. The average Bonchev–Trinajstić information content (AvgIpc) is 2.84. The lowest BCUT2D eigenvalue weighted by Crippen LogP contribution is -2.31. The Morgan fingerprint density at radius 2 is 2.42 bits per heavy atom. The number of nitrogens with one attached hydrogen (secondary N) is 1. The Morgan fingerprint density at radius 1 is 1.63 bits per heavy atom. The molecule has 1 unspecified atom stereocenters. The highest BCUT2D eigenvalue weighted by Gasteiger charge is 2.27. The minimum atomic E-state index is -0.0419. The summed E-state index contributed by atoms with van der Waals surface area (Å²) in [5.41, 5.74) is 6.04. The monoisotopic (exact) mass is 282 g/mol. The molecule has 1 aromatic heterocycles. The van der Waals surface area contributed by atoms with E-state index in [9.17, 15) is 0 Å². The lowest BCUT2D eigenvalue weighted by molar-refractivity contribution is 0.279. The first-order valence-electron chi connectivity index (χ1n) is 6.51. The summed E-state index contributed by atoms with van der Waals surface area (Å²) in [6.45, 7) is 1.11. The molecule has 1 saturated heterocycles. The number of nitrogen functional groups attached to an aromatic ring is 1. The normalized spacial score (nSPS) is 18.8. The van der Waals surface area contributed by atoms with Gasteiger partial charge in [0.25, 0.3) is 0 Å². The third kappa shape index (κ3) is 2.98. The summed E-state index contributed by atoms with van der Waals surface area (Å²) in [6, 6.07) is 2.02. The number of aliphatic hydroxyl groups is 1. The van der Waals surface area contributed by atoms with E-state index >= 15 is 0 Å². The highest BCUT2D eigenvalue weighted by atomic mass is 35.5. The fourth-order valence-corrected chi connectivity index (χ4v) is 2.90. The largest absolute Gasteiger partial charge is 0.396 e. The van der Waals surface area contributed by atoms with Crippen LogP contribution in [0.3, 0.4) is 0 Å². The molecule has 104 valence electrons. The highest BCUT2D eigenvalue weighted by Crippen LogP contribution is 2.33. The zero-order chi connectivity index (χ0) is 13.8. The van der Waals surface area contributed by atoms with Crippen LogP contribution in [0.1, 0.15) is 31.2 Å². The summed E-state index contributed by atoms with van der Waals surface area (Å²) in [5.74, 6) is 0.662. The molecular formula is C13H19ClN4O. The Bertz CT molecular complexity index is 466. The number of aliphatic hydroxyl groups excluding tert-OH is 1. The SMILES string of the molecule is N=C(N)c1ccnc(N2CCCC2CCCO)c1Cl. The van der Waals surface area contributed by atoms with E-state index in [1.165, 1.54) is 0 Å². The van der Waals surface area contributed by atoms with Crippen LogP contribution in [0, 0.1) is 5.41 Å². The van der Waals surface area contributed by atoms with Crippen LogP contribution in [0.4, 0.5) is 5.82 Å². The average molecular weight is 283 g/mol. The third-order valence-corrected chi connectivity index (χ3v) is 3.88. The van der Waals surface area contributed by atoms with Gasteiger partial charge in [-0.1, -0.05) is 11.6 Å². The van der Waals surface area contributed by atoms with E-state index in [2.05, 4.69) is 9.88 Å². The lowest BCUT2D eigenvalue weighted by Gasteiger charge is -2.27. The molecule has 0 aromatic carbocycles. The maximum Gasteiger partial charge on any atom is 0.148 e. The summed E-state index contributed by atoms with van der Waals surface area (Å²) in [6.07, 6.45) is 5.53. The van der Waals surface area contributed by atoms with Gasteiger partial charge in [-0.3, -0.25) is 5.41 Å². The molecule has 0 bridgehead atoms. The van der Waals surface area contributed by atoms with Crippen molar-refractivity contribution in [1.82, 2.24) is 4.98 Å². The molecule has 2 heterocycles. The van der Waals surface area contributed by atoms with Crippen molar-refractivity contribution in [3.05, 3.63) is 22.8 Å². The van der Waals surface area contributed by atoms with Crippen molar-refractivity contribution in [2.45, 2.75) is 31.7 Å². The quantitative estimate of drug-likeness (QED) is 0.567. The molecule has 1 aliphatic heterocycles. The van der Waals surface area contributed by atoms with Crippen LogP contribution in [0.25, 0.3) is 0 Å². The molecule has 6 heteroatoms. The van der Waals surface area contributed by atoms with Crippen molar-refractivity contribution < 1.29 is 5.11 Å². The molecule has 1 atom stereocenters. The second kappa shape index (κ2) is 6.21. The molecule has 1 aromatic rings. The van der Waals surface area contributed by atoms with Gasteiger partial charge in [0, 0.05) is 31.0 Å². The second-order valence-electron chi connectivity index (χ2n) is 4.77. The Kier molecular flexibility index (Phi) is 4.61. The van der Waals surface area contributed by atoms with Crippen molar-refractivity contribution in [2.24, 2.45) is 5.73 Å². The summed E-state index contributed by atoms with van der Waals surface area (Å²) in [4.78, 5) is 6.51. The van der Waals surface area contributed by atoms with E-state index in [1.807, 2.05) is 0 Å². The molecule has 0 aliphatic carbocycles. The third-order valence-electron chi connectivity index (χ3n) is 3.51. The van der Waals surface area contributed by atoms with Gasteiger partial charge in [0.05, 0.1) is 5.02 Å². The van der Waals surface area contributed by atoms with Crippen molar-refractivity contribution in [1.29, 1.82) is 5.41 Å². The number of nitrogens with zero attached hydrogens (tertiary/aromatic N) is 2. The maximum absolute atomic E-state index is 8.95. The van der Waals surface area contributed by atoms with Gasteiger partial charge >= 0.3 is 0 Å². The summed E-state index contributed by atoms with van der Waals surface area (Å²) >= 11 is 6.31. The predicted octanol–water partition coefficient (Wildman–Crippen LogP) is 1.76. The molecule has 0 amide bonds. The van der Waals surface area contributed by atoms with Crippen molar-refractivity contribution in [3.63, 3.8) is 0 Å². The molecule has 0 radical (unpaired) electrons. The van der Waals surface area contributed by atoms with Crippen LogP contribution in [-0.2, 0) is 0 Å². The lowest BCUT2D eigenvalue weighted by atomic mass is 10.1. The van der Waals surface area contributed by atoms with Crippen LogP contribution in [-0.4, -0.2) is 35.1 Å². The fourth-order valence-electron chi connectivity index (χ4n) is 2.58. The molecule has 19 heavy (non-hydrogen) atoms. The zero-order valence-corrected chi connectivity index (χ0v) is 11.5. The number of hydrogen-bond acceptors (Lipinski definition) is 4. The molecule has 5 nitrogen and oxygen atoms in total. The smallest absolute Gasteiger partial charge is 0.148 e. The van der Waals surface area contributed by atoms with E-state index in [0.29, 0.717) is 22.4 Å². The van der Waals surface area contributed by atoms with Gasteiger partial charge in [0.2, 0.25) is 0 Å². The first-order chi connectivity index (χ1) is 9.15. The van der Waals surface area contributed by atoms with Gasteiger partial charge in [0.1, 0.15) is 11.7 Å². The van der Waals surface area contributed by atoms with E-state index in [-0.39, 0.29) is 12.4 Å². The number of anilines is 1. The minimum Gasteiger partial charge on any atom is -0.396 e. The zero-order valence-electron chi connectivity index (χ0n) is 10.8. The van der Waals surface area contributed by atoms with E-state index in [1.54, 1.807) is 12.3 Å². The van der Waals surface area contributed by atoms with Gasteiger partial charge in [-0.15, -0.1) is 0 Å². The van der Waals surface area contributed by atoms with Crippen LogP contribution >= 0.6 is 11.6 Å². The summed E-state index contributed by atoms with van der Waals surface area (Å²) in [7, 11) is 0. The van der Waals surface area contributed by atoms with Crippen molar-refractivity contribution in [2.75, 3.05) is 18.1 Å². The number of rotatable bonds is 5. The number of amidine groups is 1. The Balaban J connectivity index is 2.25. The van der Waals surface area contributed by atoms with Crippen LogP contribution in [0.15, 0.2) is 12.3 Å². The Hall–Kier alpha value is -1.33. The van der Waals surface area contributed by atoms with Crippen molar-refractivity contribution in [3.8, 4) is 0 Å². The van der Waals surface area contributed by atoms with Gasteiger partial charge in [0.15, 0.2) is 0 Å². The first-order valence-corrected chi connectivity index (χ1v) is 6.89. The number of hydrogen-bond donors (Lipinski definition) is 3. The first kappa shape index (κ1) is 14.1. The number of aromatic nitrogens is 1. The summed E-state index contributed by atoms with van der Waals surface area (Å²) < 4.78 is 0. The van der Waals surface area contributed by atoms with Gasteiger partial charge in [-0.05, 0) is 31.7 Å². The standard InChI is InChI=1S/C13H19ClN4O/c14-11-10(12(15)16)5-6-17-13(11)18-7-1-3-9(18)4-2-8-19/h5-6,9,19H,1-4,7-8H2,(H3,15,16). The van der Waals surface area contributed by atoms with Crippen molar-refractivity contribution >= 4 is 23.3 Å². The number of halogens is 1. The molecule has 1 aliphatic rings. The van der Waals surface area contributed by atoms with Gasteiger partial charge in [-0.25, -0.2) is 4.98 Å². The van der Waals surface area contributed by atoms with E-state index in [4.69, 9.17) is 27.9 Å². The van der Waals surface area contributed by atoms with Gasteiger partial charge < -0.3 is 15.7 Å². The molecule has 1 fully saturated rings. The highest BCUT2D eigenvalue weighted by molar-refractivity contribution is 6.36. The van der Waals surface area contributed by atoms with Gasteiger partial charge in [-0.2, -0.15) is 0 Å². The topological polar surface area (TPSA) is 86.2 Å². The Morgan fingerprint density at radius 3 is 3.11 bits per heavy atom. The number of nitrogens with two attached hydrogens (primary N) is 1. The molecule has 0 saturated carbocycles. The maximum atomic E-state index is 8.95. The van der Waals surface area contributed by atoms with E-state index in [0.717, 1.165) is 32.2 Å². The van der Waals surface area contributed by atoms with Crippen LogP contribution < -0.4 is 10.6 Å². The fraction of sp³-hybridized carbons (Fsp3) is 0.538.